The minimum atomic E-state index is 0.0101. The van der Waals surface area contributed by atoms with Crippen LogP contribution in [0.15, 0.2) is 18.2 Å². The van der Waals surface area contributed by atoms with Gasteiger partial charge in [0.15, 0.2) is 5.82 Å². The maximum absolute atomic E-state index is 5.68. The SMILES string of the molecule is COc1ccc2c(c1)C(NC(C)c1nn[nH]n1)CCO2. The smallest absolute Gasteiger partial charge is 0.191 e. The van der Waals surface area contributed by atoms with Crippen molar-refractivity contribution in [3.63, 3.8) is 0 Å². The van der Waals surface area contributed by atoms with Crippen molar-refractivity contribution in [1.29, 1.82) is 0 Å². The van der Waals surface area contributed by atoms with Crippen LogP contribution in [-0.2, 0) is 0 Å². The Morgan fingerprint density at radius 3 is 3.15 bits per heavy atom. The van der Waals surface area contributed by atoms with Crippen LogP contribution in [0.4, 0.5) is 0 Å². The number of nitrogens with one attached hydrogen (secondary N) is 2. The predicted molar refractivity (Wildman–Crippen MR) is 71.6 cm³/mol. The molecule has 0 radical (unpaired) electrons. The van der Waals surface area contributed by atoms with E-state index < -0.39 is 0 Å². The van der Waals surface area contributed by atoms with Crippen LogP contribution in [-0.4, -0.2) is 34.3 Å². The Morgan fingerprint density at radius 2 is 2.40 bits per heavy atom. The summed E-state index contributed by atoms with van der Waals surface area (Å²) in [5.74, 6) is 2.38. The highest BCUT2D eigenvalue weighted by atomic mass is 16.5. The molecule has 2 N–H and O–H groups in total. The van der Waals surface area contributed by atoms with Crippen molar-refractivity contribution >= 4 is 0 Å². The lowest BCUT2D eigenvalue weighted by Gasteiger charge is -2.28. The third kappa shape index (κ3) is 2.44. The Morgan fingerprint density at radius 1 is 1.50 bits per heavy atom. The molecular weight excluding hydrogens is 258 g/mol. The summed E-state index contributed by atoms with van der Waals surface area (Å²) in [5, 5.41) is 17.6. The van der Waals surface area contributed by atoms with E-state index in [1.807, 2.05) is 25.1 Å². The van der Waals surface area contributed by atoms with Crippen LogP contribution in [0.3, 0.4) is 0 Å². The van der Waals surface area contributed by atoms with Gasteiger partial charge in [-0.05, 0) is 25.1 Å². The third-order valence-electron chi connectivity index (χ3n) is 3.46. The lowest BCUT2D eigenvalue weighted by atomic mass is 9.99. The maximum atomic E-state index is 5.68. The van der Waals surface area contributed by atoms with Crippen molar-refractivity contribution in [2.75, 3.05) is 13.7 Å². The zero-order valence-corrected chi connectivity index (χ0v) is 11.5. The molecule has 1 aliphatic heterocycles. The van der Waals surface area contributed by atoms with Crippen molar-refractivity contribution in [2.24, 2.45) is 0 Å². The fourth-order valence-electron chi connectivity index (χ4n) is 2.40. The van der Waals surface area contributed by atoms with Gasteiger partial charge in [0, 0.05) is 18.0 Å². The molecule has 106 valence electrons. The van der Waals surface area contributed by atoms with Crippen LogP contribution in [0.2, 0.25) is 0 Å². The number of methoxy groups -OCH3 is 1. The third-order valence-corrected chi connectivity index (χ3v) is 3.46. The molecule has 0 bridgehead atoms. The summed E-state index contributed by atoms with van der Waals surface area (Å²) in [6.45, 7) is 2.70. The number of hydrogen-bond donors (Lipinski definition) is 2. The molecule has 7 nitrogen and oxygen atoms in total. The largest absolute Gasteiger partial charge is 0.497 e. The first kappa shape index (κ1) is 12.9. The van der Waals surface area contributed by atoms with E-state index in [1.165, 1.54) is 0 Å². The highest BCUT2D eigenvalue weighted by Crippen LogP contribution is 2.35. The minimum Gasteiger partial charge on any atom is -0.497 e. The fraction of sp³-hybridized carbons (Fsp3) is 0.462. The van der Waals surface area contributed by atoms with E-state index in [-0.39, 0.29) is 12.1 Å². The Balaban J connectivity index is 1.82. The topological polar surface area (TPSA) is 85.0 Å². The van der Waals surface area contributed by atoms with E-state index in [2.05, 4.69) is 25.9 Å². The van der Waals surface area contributed by atoms with Crippen molar-refractivity contribution in [3.05, 3.63) is 29.6 Å². The molecule has 0 amide bonds. The van der Waals surface area contributed by atoms with Crippen molar-refractivity contribution in [2.45, 2.75) is 25.4 Å². The number of benzene rings is 1. The molecule has 0 aliphatic carbocycles. The van der Waals surface area contributed by atoms with Gasteiger partial charge in [-0.15, -0.1) is 10.2 Å². The molecular formula is C13H17N5O2. The van der Waals surface area contributed by atoms with Gasteiger partial charge in [0.1, 0.15) is 11.5 Å². The normalized spacial score (nSPS) is 19.0. The number of H-pyrrole nitrogens is 1. The van der Waals surface area contributed by atoms with Gasteiger partial charge in [0.05, 0.1) is 19.8 Å². The average Bonchev–Trinajstić information content (AvgIpc) is 3.01. The van der Waals surface area contributed by atoms with Crippen LogP contribution < -0.4 is 14.8 Å². The molecule has 0 saturated carbocycles. The summed E-state index contributed by atoms with van der Waals surface area (Å²) in [7, 11) is 1.66. The molecule has 20 heavy (non-hydrogen) atoms. The van der Waals surface area contributed by atoms with Gasteiger partial charge in [0.2, 0.25) is 0 Å². The number of aromatic amines is 1. The Bertz CT molecular complexity index is 572. The van der Waals surface area contributed by atoms with Gasteiger partial charge >= 0.3 is 0 Å². The highest BCUT2D eigenvalue weighted by Gasteiger charge is 2.24. The first-order valence-electron chi connectivity index (χ1n) is 6.58. The van der Waals surface area contributed by atoms with E-state index in [9.17, 15) is 0 Å². The molecule has 0 saturated heterocycles. The van der Waals surface area contributed by atoms with Gasteiger partial charge in [-0.25, -0.2) is 0 Å². The summed E-state index contributed by atoms with van der Waals surface area (Å²) in [5.41, 5.74) is 1.10. The highest BCUT2D eigenvalue weighted by molar-refractivity contribution is 5.43. The summed E-state index contributed by atoms with van der Waals surface area (Å²) >= 11 is 0. The van der Waals surface area contributed by atoms with E-state index in [1.54, 1.807) is 7.11 Å². The lowest BCUT2D eigenvalue weighted by Crippen LogP contribution is -2.29. The zero-order chi connectivity index (χ0) is 13.9. The number of hydrogen-bond acceptors (Lipinski definition) is 6. The Labute approximate surface area is 116 Å². The summed E-state index contributed by atoms with van der Waals surface area (Å²) in [6.07, 6.45) is 0.891. The van der Waals surface area contributed by atoms with Crippen LogP contribution in [0.25, 0.3) is 0 Å². The number of tetrazole rings is 1. The van der Waals surface area contributed by atoms with E-state index in [0.717, 1.165) is 23.5 Å². The first-order valence-corrected chi connectivity index (χ1v) is 6.58. The molecule has 2 heterocycles. The van der Waals surface area contributed by atoms with E-state index >= 15 is 0 Å². The minimum absolute atomic E-state index is 0.0101. The summed E-state index contributed by atoms with van der Waals surface area (Å²) < 4.78 is 11.0. The maximum Gasteiger partial charge on any atom is 0.191 e. The van der Waals surface area contributed by atoms with Crippen molar-refractivity contribution in [1.82, 2.24) is 25.9 Å². The number of fused-ring (bicyclic) bond motifs is 1. The second-order valence-electron chi connectivity index (χ2n) is 4.75. The monoisotopic (exact) mass is 275 g/mol. The van der Waals surface area contributed by atoms with Crippen LogP contribution in [0.5, 0.6) is 11.5 Å². The molecule has 7 heteroatoms. The van der Waals surface area contributed by atoms with E-state index in [0.29, 0.717) is 12.4 Å². The number of aromatic nitrogens is 4. The standard InChI is InChI=1S/C13H17N5O2/c1-8(13-15-17-18-16-13)14-11-5-6-20-12-4-3-9(19-2)7-10(11)12/h3-4,7-8,11,14H,5-6H2,1-2H3,(H,15,16,17,18). The van der Waals surface area contributed by atoms with Crippen LogP contribution in [0.1, 0.15) is 36.8 Å². The Hall–Kier alpha value is -2.15. The molecule has 1 aliphatic rings. The van der Waals surface area contributed by atoms with Gasteiger partial charge in [-0.3, -0.25) is 0 Å². The summed E-state index contributed by atoms with van der Waals surface area (Å²) in [4.78, 5) is 0. The molecule has 3 rings (SSSR count). The molecule has 1 aromatic heterocycles. The number of ether oxygens (including phenoxy) is 2. The van der Waals surface area contributed by atoms with Gasteiger partial charge in [-0.2, -0.15) is 5.21 Å². The molecule has 2 aromatic rings. The fourth-order valence-corrected chi connectivity index (χ4v) is 2.40. The Kier molecular flexibility index (Phi) is 3.51. The van der Waals surface area contributed by atoms with Crippen molar-refractivity contribution < 1.29 is 9.47 Å². The predicted octanol–water partition coefficient (Wildman–Crippen LogP) is 1.38. The summed E-state index contributed by atoms with van der Waals surface area (Å²) in [6, 6.07) is 6.05. The average molecular weight is 275 g/mol. The van der Waals surface area contributed by atoms with Gasteiger partial charge in [0.25, 0.3) is 0 Å². The molecule has 1 aromatic carbocycles. The molecule has 2 atom stereocenters. The zero-order valence-electron chi connectivity index (χ0n) is 11.5. The lowest BCUT2D eigenvalue weighted by molar-refractivity contribution is 0.244. The first-order chi connectivity index (χ1) is 9.78. The molecule has 2 unspecified atom stereocenters. The van der Waals surface area contributed by atoms with Crippen LogP contribution in [0, 0.1) is 0 Å². The van der Waals surface area contributed by atoms with Crippen LogP contribution >= 0.6 is 0 Å². The molecule has 0 fully saturated rings. The van der Waals surface area contributed by atoms with Crippen molar-refractivity contribution in [3.8, 4) is 11.5 Å². The quantitative estimate of drug-likeness (QED) is 0.877. The van der Waals surface area contributed by atoms with Gasteiger partial charge in [-0.1, -0.05) is 5.21 Å². The van der Waals surface area contributed by atoms with E-state index in [4.69, 9.17) is 9.47 Å². The second kappa shape index (κ2) is 5.46. The number of rotatable bonds is 4. The molecule has 0 spiro atoms. The van der Waals surface area contributed by atoms with Gasteiger partial charge < -0.3 is 14.8 Å². The second-order valence-corrected chi connectivity index (χ2v) is 4.75. The number of nitrogens with zero attached hydrogens (tertiary/aromatic N) is 3.